The van der Waals surface area contributed by atoms with Crippen LogP contribution in [0.5, 0.6) is 0 Å². The van der Waals surface area contributed by atoms with Gasteiger partial charge in [-0.1, -0.05) is 252 Å². The molecular formula is C88H74N6. The summed E-state index contributed by atoms with van der Waals surface area (Å²) in [5, 5.41) is 19.6. The molecule has 14 aromatic rings. The second-order valence-corrected chi connectivity index (χ2v) is 25.3. The molecule has 12 aromatic carbocycles. The standard InChI is InChI=1S/C88H74N6/c1-2-3-4-5-6-7-14-43-88(91-84-41-25-23-39-78(84)82-58-64(48-54-86(82)91)60-89-93(66-27-10-8-11-28-66)68-50-44-62(45-51-68)56-80-74-35-19-15-31-70(74)71-32-16-20-36-75(71)80)92-85-42-26-24-40-79(85)83-59-65(49-55-87(83)92)61-90-94(67-29-12-9-13-30-67)69-52-46-63(47-53-69)57-81-76-37-21-17-33-72(76)73-34-18-22-38-77(73)81/h8-13,15-42,44-56,58-61,81,88H,2-7,14,43,57H2,1H3. The van der Waals surface area contributed by atoms with E-state index in [1.165, 1.54) is 138 Å². The van der Waals surface area contributed by atoms with Crippen molar-refractivity contribution in [1.29, 1.82) is 0 Å². The van der Waals surface area contributed by atoms with Crippen molar-refractivity contribution in [3.8, 4) is 22.3 Å². The number of nitrogens with zero attached hydrogens (tertiary/aromatic N) is 6. The van der Waals surface area contributed by atoms with Crippen molar-refractivity contribution in [3.05, 3.63) is 336 Å². The van der Waals surface area contributed by atoms with Gasteiger partial charge in [-0.2, -0.15) is 10.2 Å². The largest absolute Gasteiger partial charge is 0.319 e. The van der Waals surface area contributed by atoms with E-state index in [0.29, 0.717) is 5.92 Å². The molecule has 0 amide bonds. The summed E-state index contributed by atoms with van der Waals surface area (Å²) in [4.78, 5) is 0. The van der Waals surface area contributed by atoms with Crippen molar-refractivity contribution in [2.45, 2.75) is 76.8 Å². The number of para-hydroxylation sites is 4. The molecule has 1 atom stereocenters. The molecule has 6 nitrogen and oxygen atoms in total. The van der Waals surface area contributed by atoms with E-state index in [1.807, 2.05) is 12.4 Å². The molecule has 1 unspecified atom stereocenters. The van der Waals surface area contributed by atoms with Crippen LogP contribution < -0.4 is 10.0 Å². The predicted octanol–water partition coefficient (Wildman–Crippen LogP) is 23.4. The number of rotatable bonds is 21. The first-order valence-electron chi connectivity index (χ1n) is 33.7. The van der Waals surface area contributed by atoms with Gasteiger partial charge in [-0.25, -0.2) is 10.0 Å². The monoisotopic (exact) mass is 1210 g/mol. The van der Waals surface area contributed by atoms with Crippen molar-refractivity contribution in [1.82, 2.24) is 9.13 Å². The zero-order valence-electron chi connectivity index (χ0n) is 53.1. The Kier molecular flexibility index (Phi) is 16.0. The summed E-state index contributed by atoms with van der Waals surface area (Å²) >= 11 is 0. The summed E-state index contributed by atoms with van der Waals surface area (Å²) in [6.45, 7) is 2.30. The van der Waals surface area contributed by atoms with Gasteiger partial charge in [0.15, 0.2) is 0 Å². The first-order valence-corrected chi connectivity index (χ1v) is 33.7. The zero-order chi connectivity index (χ0) is 62.7. The van der Waals surface area contributed by atoms with Crippen molar-refractivity contribution in [2.24, 2.45) is 10.2 Å². The number of hydrogen-bond acceptors (Lipinski definition) is 4. The molecule has 2 heterocycles. The molecule has 2 aliphatic rings. The van der Waals surface area contributed by atoms with E-state index < -0.39 is 0 Å². The number of fused-ring (bicyclic) bond motifs is 12. The van der Waals surface area contributed by atoms with E-state index >= 15 is 0 Å². The molecule has 16 rings (SSSR count). The van der Waals surface area contributed by atoms with E-state index in [4.69, 9.17) is 10.2 Å². The van der Waals surface area contributed by atoms with Gasteiger partial charge < -0.3 is 9.13 Å². The van der Waals surface area contributed by atoms with Crippen LogP contribution in [0.15, 0.2) is 301 Å². The van der Waals surface area contributed by atoms with E-state index in [2.05, 4.69) is 323 Å². The molecule has 0 N–H and O–H groups in total. The molecule has 0 aliphatic heterocycles. The molecule has 0 radical (unpaired) electrons. The van der Waals surface area contributed by atoms with Crippen LogP contribution in [0.3, 0.4) is 0 Å². The van der Waals surface area contributed by atoms with E-state index in [0.717, 1.165) is 58.7 Å². The van der Waals surface area contributed by atoms with Gasteiger partial charge in [0, 0.05) is 27.5 Å². The maximum Gasteiger partial charge on any atom is 0.111 e. The van der Waals surface area contributed by atoms with Crippen LogP contribution >= 0.6 is 0 Å². The molecule has 0 fully saturated rings. The van der Waals surface area contributed by atoms with Crippen LogP contribution in [0.2, 0.25) is 0 Å². The number of aromatic nitrogens is 2. The summed E-state index contributed by atoms with van der Waals surface area (Å²) in [5.74, 6) is 0.319. The fourth-order valence-electron chi connectivity index (χ4n) is 15.0. The number of unbranched alkanes of at least 4 members (excludes halogenated alkanes) is 6. The molecule has 0 saturated carbocycles. The first-order chi connectivity index (χ1) is 46.6. The summed E-state index contributed by atoms with van der Waals surface area (Å²) in [6.07, 6.45) is 17.0. The highest BCUT2D eigenvalue weighted by atomic mass is 15.5. The summed E-state index contributed by atoms with van der Waals surface area (Å²) in [7, 11) is 0. The summed E-state index contributed by atoms with van der Waals surface area (Å²) < 4.78 is 5.30. The molecule has 94 heavy (non-hydrogen) atoms. The van der Waals surface area contributed by atoms with E-state index in [9.17, 15) is 0 Å². The van der Waals surface area contributed by atoms with Gasteiger partial charge in [-0.3, -0.25) is 0 Å². The van der Waals surface area contributed by atoms with Crippen molar-refractivity contribution in [3.63, 3.8) is 0 Å². The molecule has 0 bridgehead atoms. The molecule has 0 saturated heterocycles. The fraction of sp³-hybridized carbons (Fsp3) is 0.136. The maximum absolute atomic E-state index is 5.32. The van der Waals surface area contributed by atoms with Gasteiger partial charge in [0.25, 0.3) is 0 Å². The highest BCUT2D eigenvalue weighted by molar-refractivity contribution is 6.12. The average molecular weight is 1220 g/mol. The lowest BCUT2D eigenvalue weighted by Gasteiger charge is -2.26. The van der Waals surface area contributed by atoms with Crippen LogP contribution in [0.4, 0.5) is 22.7 Å². The van der Waals surface area contributed by atoms with Crippen molar-refractivity contribution < 1.29 is 0 Å². The topological polar surface area (TPSA) is 41.1 Å². The normalized spacial score (nSPS) is 12.9. The molecular weight excluding hydrogens is 1140 g/mol. The van der Waals surface area contributed by atoms with Gasteiger partial charge in [-0.05, 0) is 183 Å². The third kappa shape index (κ3) is 11.1. The Hall–Kier alpha value is -11.1. The summed E-state index contributed by atoms with van der Waals surface area (Å²) in [6, 6.07) is 106. The minimum atomic E-state index is -0.0143. The van der Waals surface area contributed by atoms with Gasteiger partial charge in [-0.15, -0.1) is 0 Å². The fourth-order valence-corrected chi connectivity index (χ4v) is 15.0. The Morgan fingerprint density at radius 2 is 0.745 bits per heavy atom. The Balaban J connectivity index is 0.730. The third-order valence-electron chi connectivity index (χ3n) is 19.5. The predicted molar refractivity (Wildman–Crippen MR) is 397 cm³/mol. The Labute approximate surface area is 551 Å². The average Bonchev–Trinajstić information content (AvgIpc) is 1.61. The summed E-state index contributed by atoms with van der Waals surface area (Å²) in [5.41, 5.74) is 25.3. The SMILES string of the molecule is CCCCCCCCCC(n1c2ccccc2c2cc(C=NN(c3ccccc3)c3ccc(C=C4c5ccccc5-c5ccccc54)cc3)ccc21)n1c2ccccc2c2cc(C=NN(c3ccccc3)c3ccc(CC4c5ccccc5-c5ccccc54)cc3)ccc21. The van der Waals surface area contributed by atoms with E-state index in [-0.39, 0.29) is 6.17 Å². The van der Waals surface area contributed by atoms with Gasteiger partial charge in [0.1, 0.15) is 6.17 Å². The lowest BCUT2D eigenvalue weighted by molar-refractivity contribution is 0.418. The second kappa shape index (κ2) is 25.9. The van der Waals surface area contributed by atoms with Crippen molar-refractivity contribution >= 4 is 90.4 Å². The van der Waals surface area contributed by atoms with Crippen LogP contribution in [0.25, 0.3) is 77.5 Å². The zero-order valence-corrected chi connectivity index (χ0v) is 53.1. The third-order valence-corrected chi connectivity index (χ3v) is 19.5. The smallest absolute Gasteiger partial charge is 0.111 e. The minimum Gasteiger partial charge on any atom is -0.319 e. The lowest BCUT2D eigenvalue weighted by atomic mass is 9.90. The van der Waals surface area contributed by atoms with Crippen LogP contribution in [0.1, 0.15) is 115 Å². The van der Waals surface area contributed by atoms with E-state index in [1.54, 1.807) is 0 Å². The quantitative estimate of drug-likeness (QED) is 0.0409. The molecule has 0 spiro atoms. The molecule has 456 valence electrons. The Morgan fingerprint density at radius 3 is 1.26 bits per heavy atom. The number of anilines is 4. The number of hydrogen-bond donors (Lipinski definition) is 0. The highest BCUT2D eigenvalue weighted by Crippen LogP contribution is 2.48. The van der Waals surface area contributed by atoms with Gasteiger partial charge >= 0.3 is 0 Å². The second-order valence-electron chi connectivity index (χ2n) is 25.3. The van der Waals surface area contributed by atoms with Crippen molar-refractivity contribution in [2.75, 3.05) is 10.0 Å². The maximum atomic E-state index is 5.32. The Bertz CT molecular complexity index is 5050. The van der Waals surface area contributed by atoms with Crippen LogP contribution in [-0.2, 0) is 6.42 Å². The highest BCUT2D eigenvalue weighted by Gasteiger charge is 2.29. The Morgan fingerprint density at radius 1 is 0.351 bits per heavy atom. The number of benzene rings is 12. The molecule has 2 aliphatic carbocycles. The van der Waals surface area contributed by atoms with Gasteiger partial charge in [0.05, 0.1) is 57.2 Å². The molecule has 2 aromatic heterocycles. The lowest BCUT2D eigenvalue weighted by Crippen LogP contribution is -2.18. The molecule has 6 heteroatoms. The minimum absolute atomic E-state index is 0.0143. The van der Waals surface area contributed by atoms with Crippen LogP contribution in [0, 0.1) is 0 Å². The number of hydrazone groups is 2. The first kappa shape index (κ1) is 58.0. The van der Waals surface area contributed by atoms with Crippen LogP contribution in [-0.4, -0.2) is 21.6 Å². The van der Waals surface area contributed by atoms with Gasteiger partial charge in [0.2, 0.25) is 0 Å².